The van der Waals surface area contributed by atoms with E-state index < -0.39 is 0 Å². The number of nitrogens with one attached hydrogen (secondary N) is 1. The molecule has 1 fully saturated rings. The average molecular weight is 355 g/mol. The number of aliphatic hydroxyl groups is 1. The van der Waals surface area contributed by atoms with E-state index in [2.05, 4.69) is 34.6 Å². The number of aryl methyl sites for hydroxylation is 1. The predicted octanol–water partition coefficient (Wildman–Crippen LogP) is 1.74. The topological polar surface area (TPSA) is 68.7 Å². The maximum Gasteiger partial charge on any atom is 0.317 e. The highest BCUT2D eigenvalue weighted by Crippen LogP contribution is 2.16. The lowest BCUT2D eigenvalue weighted by molar-refractivity contribution is 0.129. The molecule has 2 N–H and O–H groups in total. The monoisotopic (exact) mass is 354 g/mol. The fourth-order valence-corrected chi connectivity index (χ4v) is 3.83. The van der Waals surface area contributed by atoms with Crippen molar-refractivity contribution in [2.24, 2.45) is 0 Å². The van der Waals surface area contributed by atoms with Crippen LogP contribution in [0.3, 0.4) is 0 Å². The first-order chi connectivity index (χ1) is 11.6. The summed E-state index contributed by atoms with van der Waals surface area (Å²) in [5, 5.41) is 15.2. The van der Waals surface area contributed by atoms with E-state index >= 15 is 0 Å². The van der Waals surface area contributed by atoms with Gasteiger partial charge in [-0.05, 0) is 32.7 Å². The molecular formula is C17H30N4O2S. The number of carbonyl (C=O) groups is 1. The van der Waals surface area contributed by atoms with Crippen LogP contribution in [0.2, 0.25) is 0 Å². The minimum atomic E-state index is 0.0393. The molecule has 2 rings (SSSR count). The zero-order valence-electron chi connectivity index (χ0n) is 14.8. The average Bonchev–Trinajstić information content (AvgIpc) is 3.07. The summed E-state index contributed by atoms with van der Waals surface area (Å²) in [7, 11) is 2.11. The Morgan fingerprint density at radius 1 is 1.50 bits per heavy atom. The third-order valence-corrected chi connectivity index (χ3v) is 5.65. The van der Waals surface area contributed by atoms with Gasteiger partial charge in [-0.1, -0.05) is 6.92 Å². The first kappa shape index (κ1) is 19.1. The van der Waals surface area contributed by atoms with Crippen LogP contribution in [-0.2, 0) is 12.8 Å². The Labute approximate surface area is 148 Å². The highest BCUT2D eigenvalue weighted by Gasteiger charge is 2.24. The second-order valence-electron chi connectivity index (χ2n) is 6.34. The number of hydrogen-bond acceptors (Lipinski definition) is 5. The molecule has 1 aromatic heterocycles. The van der Waals surface area contributed by atoms with E-state index in [4.69, 9.17) is 5.11 Å². The second kappa shape index (κ2) is 9.96. The van der Waals surface area contributed by atoms with Crippen LogP contribution in [0.4, 0.5) is 4.79 Å². The molecule has 24 heavy (non-hydrogen) atoms. The first-order valence-corrected chi connectivity index (χ1v) is 9.79. The van der Waals surface area contributed by atoms with Crippen LogP contribution in [0.1, 0.15) is 36.9 Å². The van der Waals surface area contributed by atoms with Crippen LogP contribution in [0.5, 0.6) is 0 Å². The van der Waals surface area contributed by atoms with E-state index in [1.807, 2.05) is 4.90 Å². The molecule has 0 bridgehead atoms. The zero-order valence-corrected chi connectivity index (χ0v) is 15.6. The molecule has 0 aliphatic carbocycles. The summed E-state index contributed by atoms with van der Waals surface area (Å²) in [6, 6.07) is 0.556. The normalized spacial score (nSPS) is 15.9. The molecule has 0 saturated carbocycles. The summed E-state index contributed by atoms with van der Waals surface area (Å²) in [6.07, 6.45) is 4.58. The van der Waals surface area contributed by atoms with Crippen molar-refractivity contribution in [1.29, 1.82) is 0 Å². The summed E-state index contributed by atoms with van der Waals surface area (Å²) >= 11 is 1.69. The molecule has 1 aliphatic heterocycles. The second-order valence-corrected chi connectivity index (χ2v) is 7.29. The number of piperidine rings is 1. The number of rotatable bonds is 8. The van der Waals surface area contributed by atoms with Gasteiger partial charge < -0.3 is 20.2 Å². The Morgan fingerprint density at radius 2 is 2.25 bits per heavy atom. The van der Waals surface area contributed by atoms with Crippen molar-refractivity contribution in [3.05, 3.63) is 16.1 Å². The van der Waals surface area contributed by atoms with E-state index in [1.54, 1.807) is 11.3 Å². The lowest BCUT2D eigenvalue weighted by Crippen LogP contribution is -2.49. The number of carbonyl (C=O) groups excluding carboxylic acids is 1. The molecule has 0 spiro atoms. The van der Waals surface area contributed by atoms with Crippen LogP contribution in [0.25, 0.3) is 0 Å². The van der Waals surface area contributed by atoms with E-state index in [9.17, 15) is 4.79 Å². The van der Waals surface area contributed by atoms with Crippen molar-refractivity contribution in [2.45, 2.75) is 45.1 Å². The Morgan fingerprint density at radius 3 is 2.88 bits per heavy atom. The van der Waals surface area contributed by atoms with Gasteiger partial charge >= 0.3 is 6.03 Å². The highest BCUT2D eigenvalue weighted by molar-refractivity contribution is 7.09. The van der Waals surface area contributed by atoms with Gasteiger partial charge in [0.05, 0.1) is 10.7 Å². The summed E-state index contributed by atoms with van der Waals surface area (Å²) in [6.45, 7) is 5.51. The molecule has 136 valence electrons. The Balaban J connectivity index is 1.65. The Hall–Kier alpha value is -1.18. The van der Waals surface area contributed by atoms with Crippen LogP contribution >= 0.6 is 11.3 Å². The Kier molecular flexibility index (Phi) is 7.94. The number of thiazole rings is 1. The maximum atomic E-state index is 12.2. The van der Waals surface area contributed by atoms with Crippen molar-refractivity contribution in [2.75, 3.05) is 39.8 Å². The van der Waals surface area contributed by atoms with Gasteiger partial charge in [-0.15, -0.1) is 11.3 Å². The van der Waals surface area contributed by atoms with Gasteiger partial charge in [-0.2, -0.15) is 0 Å². The lowest BCUT2D eigenvalue weighted by atomic mass is 10.0. The minimum absolute atomic E-state index is 0.0393. The van der Waals surface area contributed by atoms with E-state index in [0.717, 1.165) is 62.4 Å². The van der Waals surface area contributed by atoms with Gasteiger partial charge in [-0.25, -0.2) is 9.78 Å². The first-order valence-electron chi connectivity index (χ1n) is 8.91. The van der Waals surface area contributed by atoms with Gasteiger partial charge in [0.1, 0.15) is 0 Å². The molecule has 0 unspecified atom stereocenters. The SMILES string of the molecule is CCc1nc(CCNC(=O)N2CCC(N(C)CCCO)CC2)cs1. The molecule has 0 radical (unpaired) electrons. The third-order valence-electron chi connectivity index (χ3n) is 4.60. The van der Waals surface area contributed by atoms with E-state index in [-0.39, 0.29) is 12.6 Å². The summed E-state index contributed by atoms with van der Waals surface area (Å²) in [5.41, 5.74) is 1.07. The number of nitrogens with zero attached hydrogens (tertiary/aromatic N) is 3. The molecule has 0 atom stereocenters. The largest absolute Gasteiger partial charge is 0.396 e. The van der Waals surface area contributed by atoms with E-state index in [1.165, 1.54) is 0 Å². The van der Waals surface area contributed by atoms with E-state index in [0.29, 0.717) is 12.6 Å². The quantitative estimate of drug-likeness (QED) is 0.746. The summed E-state index contributed by atoms with van der Waals surface area (Å²) in [4.78, 5) is 21.0. The van der Waals surface area contributed by atoms with Crippen LogP contribution < -0.4 is 5.32 Å². The number of likely N-dealkylation sites (tertiary alicyclic amines) is 1. The Bertz CT molecular complexity index is 501. The van der Waals surface area contributed by atoms with Crippen LogP contribution in [0.15, 0.2) is 5.38 Å². The van der Waals surface area contributed by atoms with Crippen molar-refractivity contribution in [3.63, 3.8) is 0 Å². The van der Waals surface area contributed by atoms with Crippen molar-refractivity contribution in [3.8, 4) is 0 Å². The van der Waals surface area contributed by atoms with Crippen molar-refractivity contribution >= 4 is 17.4 Å². The van der Waals surface area contributed by atoms with Crippen LogP contribution in [0, 0.1) is 0 Å². The number of hydrogen-bond donors (Lipinski definition) is 2. The molecule has 2 heterocycles. The van der Waals surface area contributed by atoms with Crippen molar-refractivity contribution < 1.29 is 9.90 Å². The number of amides is 2. The van der Waals surface area contributed by atoms with Gasteiger partial charge in [0.2, 0.25) is 0 Å². The van der Waals surface area contributed by atoms with Gasteiger partial charge in [0.25, 0.3) is 0 Å². The molecule has 2 amide bonds. The maximum absolute atomic E-state index is 12.2. The minimum Gasteiger partial charge on any atom is -0.396 e. The zero-order chi connectivity index (χ0) is 17.4. The molecular weight excluding hydrogens is 324 g/mol. The highest BCUT2D eigenvalue weighted by atomic mass is 32.1. The predicted molar refractivity (Wildman–Crippen MR) is 97.5 cm³/mol. The van der Waals surface area contributed by atoms with Gasteiger partial charge in [-0.3, -0.25) is 0 Å². The van der Waals surface area contributed by atoms with Crippen molar-refractivity contribution in [1.82, 2.24) is 20.1 Å². The standard InChI is InChI=1S/C17H30N4O2S/c1-3-16-19-14(13-24-16)5-8-18-17(23)21-10-6-15(7-11-21)20(2)9-4-12-22/h13,15,22H,3-12H2,1-2H3,(H,18,23). The molecule has 1 aromatic rings. The molecule has 1 aliphatic rings. The van der Waals surface area contributed by atoms with Crippen LogP contribution in [-0.4, -0.2) is 71.8 Å². The van der Waals surface area contributed by atoms with Gasteiger partial charge in [0.15, 0.2) is 0 Å². The summed E-state index contributed by atoms with van der Waals surface area (Å²) in [5.74, 6) is 0. The number of aliphatic hydroxyl groups excluding tert-OH is 1. The molecule has 7 heteroatoms. The fraction of sp³-hybridized carbons (Fsp3) is 0.765. The molecule has 0 aromatic carbocycles. The fourth-order valence-electron chi connectivity index (χ4n) is 3.05. The number of aromatic nitrogens is 1. The molecule has 1 saturated heterocycles. The smallest absolute Gasteiger partial charge is 0.317 e. The summed E-state index contributed by atoms with van der Waals surface area (Å²) < 4.78 is 0. The third kappa shape index (κ3) is 5.72. The number of urea groups is 1. The lowest BCUT2D eigenvalue weighted by Gasteiger charge is -2.36. The van der Waals surface area contributed by atoms with Gasteiger partial charge in [0, 0.05) is 50.6 Å². The molecule has 6 nitrogen and oxygen atoms in total.